The Bertz CT molecular complexity index is 428. The first-order valence-corrected chi connectivity index (χ1v) is 5.59. The Balaban J connectivity index is 2.04. The Labute approximate surface area is 86.4 Å². The topological polar surface area (TPSA) is 29.0 Å². The van der Waals surface area contributed by atoms with Crippen LogP contribution in [0.25, 0.3) is 10.2 Å². The number of hydrogen-bond acceptors (Lipinski definition) is 4. The van der Waals surface area contributed by atoms with Crippen molar-refractivity contribution in [3.8, 4) is 0 Å². The van der Waals surface area contributed by atoms with Crippen LogP contribution in [0.5, 0.6) is 0 Å². The highest BCUT2D eigenvalue weighted by atomic mass is 32.1. The molecule has 3 nitrogen and oxygen atoms in total. The third-order valence-corrected chi connectivity index (χ3v) is 3.70. The fourth-order valence-electron chi connectivity index (χ4n) is 1.54. The van der Waals surface area contributed by atoms with Crippen molar-refractivity contribution in [2.45, 2.75) is 18.9 Å². The molecule has 2 heterocycles. The Hall–Kier alpha value is -1.16. The van der Waals surface area contributed by atoms with E-state index >= 15 is 0 Å². The molecular formula is C10H11N3S. The molecule has 3 rings (SSSR count). The number of anilines is 1. The molecule has 0 spiro atoms. The summed E-state index contributed by atoms with van der Waals surface area (Å²) in [6.45, 7) is 0. The van der Waals surface area contributed by atoms with Crippen LogP contribution in [0.1, 0.15) is 12.8 Å². The standard InChI is InChI=1S/C10H11N3S/c1-13(7-2-3-7)10-12-8-6-11-5-4-9(8)14-10/h4-7H,2-3H2,1H3. The van der Waals surface area contributed by atoms with E-state index in [1.165, 1.54) is 17.5 Å². The molecule has 0 bridgehead atoms. The highest BCUT2D eigenvalue weighted by Crippen LogP contribution is 2.34. The van der Waals surface area contributed by atoms with E-state index in [4.69, 9.17) is 0 Å². The lowest BCUT2D eigenvalue weighted by Gasteiger charge is -2.13. The molecule has 4 heteroatoms. The van der Waals surface area contributed by atoms with Gasteiger partial charge in [-0.25, -0.2) is 4.98 Å². The van der Waals surface area contributed by atoms with Gasteiger partial charge in [-0.15, -0.1) is 0 Å². The molecule has 0 amide bonds. The number of fused-ring (bicyclic) bond motifs is 1. The monoisotopic (exact) mass is 205 g/mol. The number of hydrogen-bond donors (Lipinski definition) is 0. The molecule has 0 atom stereocenters. The first-order chi connectivity index (χ1) is 6.84. The van der Waals surface area contributed by atoms with Crippen LogP contribution in [0.3, 0.4) is 0 Å². The second kappa shape index (κ2) is 2.92. The molecule has 2 aromatic rings. The minimum atomic E-state index is 0.725. The minimum Gasteiger partial charge on any atom is -0.348 e. The summed E-state index contributed by atoms with van der Waals surface area (Å²) >= 11 is 1.75. The van der Waals surface area contributed by atoms with Crippen molar-refractivity contribution in [2.75, 3.05) is 11.9 Å². The Morgan fingerprint density at radius 1 is 1.50 bits per heavy atom. The van der Waals surface area contributed by atoms with Crippen molar-refractivity contribution >= 4 is 26.7 Å². The van der Waals surface area contributed by atoms with Gasteiger partial charge in [0.2, 0.25) is 0 Å². The fourth-order valence-corrected chi connectivity index (χ4v) is 2.50. The molecule has 0 N–H and O–H groups in total. The van der Waals surface area contributed by atoms with Crippen LogP contribution in [-0.2, 0) is 0 Å². The van der Waals surface area contributed by atoms with Crippen LogP contribution in [0, 0.1) is 0 Å². The molecule has 0 radical (unpaired) electrons. The summed E-state index contributed by atoms with van der Waals surface area (Å²) < 4.78 is 1.22. The molecule has 0 aromatic carbocycles. The molecule has 0 saturated heterocycles. The largest absolute Gasteiger partial charge is 0.348 e. The summed E-state index contributed by atoms with van der Waals surface area (Å²) in [6.07, 6.45) is 6.27. The van der Waals surface area contributed by atoms with E-state index in [1.807, 2.05) is 18.5 Å². The maximum absolute atomic E-state index is 4.56. The number of pyridine rings is 1. The van der Waals surface area contributed by atoms with Crippen LogP contribution in [-0.4, -0.2) is 23.1 Å². The van der Waals surface area contributed by atoms with Crippen molar-refractivity contribution in [1.82, 2.24) is 9.97 Å². The first kappa shape index (κ1) is 8.17. The summed E-state index contributed by atoms with van der Waals surface area (Å²) in [5.74, 6) is 0. The van der Waals surface area contributed by atoms with E-state index in [9.17, 15) is 0 Å². The molecule has 0 unspecified atom stereocenters. The first-order valence-electron chi connectivity index (χ1n) is 4.78. The number of nitrogens with zero attached hydrogens (tertiary/aromatic N) is 3. The summed E-state index contributed by atoms with van der Waals surface area (Å²) in [4.78, 5) is 10.9. The minimum absolute atomic E-state index is 0.725. The van der Waals surface area contributed by atoms with Crippen LogP contribution in [0.4, 0.5) is 5.13 Å². The molecule has 1 aliphatic carbocycles. The van der Waals surface area contributed by atoms with Crippen molar-refractivity contribution in [1.29, 1.82) is 0 Å². The second-order valence-electron chi connectivity index (χ2n) is 3.68. The lowest BCUT2D eigenvalue weighted by molar-refractivity contribution is 0.911. The quantitative estimate of drug-likeness (QED) is 0.753. The van der Waals surface area contributed by atoms with Gasteiger partial charge in [-0.2, -0.15) is 0 Å². The van der Waals surface area contributed by atoms with Gasteiger partial charge >= 0.3 is 0 Å². The Morgan fingerprint density at radius 3 is 3.07 bits per heavy atom. The molecule has 2 aromatic heterocycles. The number of thiazole rings is 1. The highest BCUT2D eigenvalue weighted by Gasteiger charge is 2.28. The maximum Gasteiger partial charge on any atom is 0.186 e. The van der Waals surface area contributed by atoms with Crippen LogP contribution >= 0.6 is 11.3 Å². The average molecular weight is 205 g/mol. The Kier molecular flexibility index (Phi) is 1.70. The zero-order chi connectivity index (χ0) is 9.54. The second-order valence-corrected chi connectivity index (χ2v) is 4.69. The Morgan fingerprint density at radius 2 is 2.36 bits per heavy atom. The van der Waals surface area contributed by atoms with Crippen molar-refractivity contribution in [3.05, 3.63) is 18.5 Å². The van der Waals surface area contributed by atoms with Crippen LogP contribution < -0.4 is 4.90 Å². The smallest absolute Gasteiger partial charge is 0.186 e. The zero-order valence-electron chi connectivity index (χ0n) is 7.97. The summed E-state index contributed by atoms with van der Waals surface area (Å²) in [6, 6.07) is 2.75. The van der Waals surface area contributed by atoms with Crippen molar-refractivity contribution in [3.63, 3.8) is 0 Å². The SMILES string of the molecule is CN(c1nc2cnccc2s1)C1CC1. The van der Waals surface area contributed by atoms with E-state index in [2.05, 4.69) is 21.9 Å². The fraction of sp³-hybridized carbons (Fsp3) is 0.400. The van der Waals surface area contributed by atoms with Crippen molar-refractivity contribution < 1.29 is 0 Å². The lowest BCUT2D eigenvalue weighted by Crippen LogP contribution is -2.18. The van der Waals surface area contributed by atoms with Gasteiger partial charge in [-0.3, -0.25) is 4.98 Å². The third-order valence-electron chi connectivity index (χ3n) is 2.57. The van der Waals surface area contributed by atoms with Gasteiger partial charge in [0.25, 0.3) is 0 Å². The molecule has 14 heavy (non-hydrogen) atoms. The zero-order valence-corrected chi connectivity index (χ0v) is 8.79. The average Bonchev–Trinajstić information content (AvgIpc) is 2.95. The van der Waals surface area contributed by atoms with Gasteiger partial charge in [-0.1, -0.05) is 11.3 Å². The molecular weight excluding hydrogens is 194 g/mol. The molecule has 1 aliphatic rings. The van der Waals surface area contributed by atoms with E-state index in [0.717, 1.165) is 16.7 Å². The van der Waals surface area contributed by atoms with Crippen LogP contribution in [0.2, 0.25) is 0 Å². The summed E-state index contributed by atoms with van der Waals surface area (Å²) in [7, 11) is 2.13. The van der Waals surface area contributed by atoms with Gasteiger partial charge < -0.3 is 4.90 Å². The van der Waals surface area contributed by atoms with E-state index in [1.54, 1.807) is 11.3 Å². The molecule has 0 aliphatic heterocycles. The van der Waals surface area contributed by atoms with Crippen molar-refractivity contribution in [2.24, 2.45) is 0 Å². The summed E-state index contributed by atoms with van der Waals surface area (Å²) in [5.41, 5.74) is 1.01. The van der Waals surface area contributed by atoms with Gasteiger partial charge in [0, 0.05) is 19.3 Å². The maximum atomic E-state index is 4.56. The third kappa shape index (κ3) is 1.26. The van der Waals surface area contributed by atoms with E-state index in [-0.39, 0.29) is 0 Å². The lowest BCUT2D eigenvalue weighted by atomic mass is 10.5. The van der Waals surface area contributed by atoms with Gasteiger partial charge in [0.05, 0.1) is 10.9 Å². The molecule has 1 saturated carbocycles. The predicted molar refractivity (Wildman–Crippen MR) is 58.8 cm³/mol. The van der Waals surface area contributed by atoms with E-state index < -0.39 is 0 Å². The number of aromatic nitrogens is 2. The van der Waals surface area contributed by atoms with Gasteiger partial charge in [-0.05, 0) is 18.9 Å². The highest BCUT2D eigenvalue weighted by molar-refractivity contribution is 7.22. The van der Waals surface area contributed by atoms with Gasteiger partial charge in [0.1, 0.15) is 5.52 Å². The van der Waals surface area contributed by atoms with Gasteiger partial charge in [0.15, 0.2) is 5.13 Å². The summed E-state index contributed by atoms with van der Waals surface area (Å²) in [5, 5.41) is 1.12. The van der Waals surface area contributed by atoms with E-state index in [0.29, 0.717) is 0 Å². The number of rotatable bonds is 2. The normalized spacial score (nSPS) is 16.1. The molecule has 72 valence electrons. The molecule has 1 fully saturated rings. The predicted octanol–water partition coefficient (Wildman–Crippen LogP) is 2.29. The van der Waals surface area contributed by atoms with Crippen LogP contribution in [0.15, 0.2) is 18.5 Å².